The maximum Gasteiger partial charge on any atom is 0.251 e. The fraction of sp³-hybridized carbons (Fsp3) is 0.182. The number of amides is 1. The SMILES string of the molecule is Cc1ncc(-c2cccc(NC(=O)C3=Cc4cc(F)ccc4OCC3)c2)n1C. The van der Waals surface area contributed by atoms with E-state index in [-0.39, 0.29) is 11.7 Å². The second kappa shape index (κ2) is 7.31. The molecule has 1 amide bonds. The highest BCUT2D eigenvalue weighted by Gasteiger charge is 2.16. The van der Waals surface area contributed by atoms with Crippen LogP contribution in [-0.2, 0) is 11.8 Å². The molecular formula is C22H20FN3O2. The maximum absolute atomic E-state index is 13.5. The van der Waals surface area contributed by atoms with Gasteiger partial charge in [0.05, 0.1) is 18.5 Å². The second-order valence-electron chi connectivity index (χ2n) is 6.73. The summed E-state index contributed by atoms with van der Waals surface area (Å²) in [6.45, 7) is 2.31. The van der Waals surface area contributed by atoms with Gasteiger partial charge in [0.25, 0.3) is 5.91 Å². The number of ether oxygens (including phenoxy) is 1. The summed E-state index contributed by atoms with van der Waals surface area (Å²) in [6, 6.07) is 11.9. The number of carbonyl (C=O) groups is 1. The molecule has 5 nitrogen and oxygen atoms in total. The Balaban J connectivity index is 1.59. The summed E-state index contributed by atoms with van der Waals surface area (Å²) >= 11 is 0. The lowest BCUT2D eigenvalue weighted by atomic mass is 10.1. The van der Waals surface area contributed by atoms with E-state index in [0.717, 1.165) is 17.1 Å². The quantitative estimate of drug-likeness (QED) is 0.739. The van der Waals surface area contributed by atoms with Crippen molar-refractivity contribution in [2.24, 2.45) is 7.05 Å². The molecule has 2 aromatic carbocycles. The number of benzene rings is 2. The van der Waals surface area contributed by atoms with Crippen LogP contribution < -0.4 is 10.1 Å². The van der Waals surface area contributed by atoms with Gasteiger partial charge in [-0.2, -0.15) is 0 Å². The number of imidazole rings is 1. The summed E-state index contributed by atoms with van der Waals surface area (Å²) in [4.78, 5) is 17.1. The molecule has 0 spiro atoms. The number of aromatic nitrogens is 2. The van der Waals surface area contributed by atoms with E-state index in [9.17, 15) is 9.18 Å². The highest BCUT2D eigenvalue weighted by Crippen LogP contribution is 2.28. The third-order valence-electron chi connectivity index (χ3n) is 4.86. The van der Waals surface area contributed by atoms with Crippen molar-refractivity contribution in [3.8, 4) is 17.0 Å². The summed E-state index contributed by atoms with van der Waals surface area (Å²) in [7, 11) is 1.95. The highest BCUT2D eigenvalue weighted by molar-refractivity contribution is 6.07. The Labute approximate surface area is 162 Å². The zero-order chi connectivity index (χ0) is 19.7. The molecule has 1 N–H and O–H groups in total. The van der Waals surface area contributed by atoms with Crippen LogP contribution in [-0.4, -0.2) is 22.1 Å². The van der Waals surface area contributed by atoms with Gasteiger partial charge in [-0.1, -0.05) is 12.1 Å². The summed E-state index contributed by atoms with van der Waals surface area (Å²) in [5.41, 5.74) is 3.74. The average Bonchev–Trinajstić information content (AvgIpc) is 2.89. The average molecular weight is 377 g/mol. The van der Waals surface area contributed by atoms with Crippen molar-refractivity contribution in [1.29, 1.82) is 0 Å². The molecule has 1 aromatic heterocycles. The van der Waals surface area contributed by atoms with Crippen LogP contribution in [0.2, 0.25) is 0 Å². The number of halogens is 1. The van der Waals surface area contributed by atoms with Crippen molar-refractivity contribution in [2.75, 3.05) is 11.9 Å². The zero-order valence-corrected chi connectivity index (χ0v) is 15.7. The van der Waals surface area contributed by atoms with Crippen LogP contribution in [0.4, 0.5) is 10.1 Å². The predicted molar refractivity (Wildman–Crippen MR) is 106 cm³/mol. The minimum absolute atomic E-state index is 0.223. The normalized spacial score (nSPS) is 13.2. The molecule has 0 saturated heterocycles. The first-order valence-electron chi connectivity index (χ1n) is 9.04. The molecule has 1 aliphatic heterocycles. The number of carbonyl (C=O) groups excluding carboxylic acids is 1. The zero-order valence-electron chi connectivity index (χ0n) is 15.7. The van der Waals surface area contributed by atoms with Gasteiger partial charge < -0.3 is 14.6 Å². The molecule has 3 aromatic rings. The lowest BCUT2D eigenvalue weighted by molar-refractivity contribution is -0.113. The molecule has 6 heteroatoms. The number of rotatable bonds is 3. The van der Waals surface area contributed by atoms with Crippen molar-refractivity contribution in [1.82, 2.24) is 9.55 Å². The van der Waals surface area contributed by atoms with E-state index >= 15 is 0 Å². The first-order chi connectivity index (χ1) is 13.5. The lowest BCUT2D eigenvalue weighted by Gasteiger charge is -2.10. The monoisotopic (exact) mass is 377 g/mol. The highest BCUT2D eigenvalue weighted by atomic mass is 19.1. The van der Waals surface area contributed by atoms with Gasteiger partial charge in [0.15, 0.2) is 0 Å². The van der Waals surface area contributed by atoms with Crippen LogP contribution >= 0.6 is 0 Å². The summed E-state index contributed by atoms with van der Waals surface area (Å²) < 4.78 is 21.2. The van der Waals surface area contributed by atoms with E-state index in [0.29, 0.717) is 35.6 Å². The molecule has 0 aliphatic carbocycles. The Hall–Kier alpha value is -3.41. The molecule has 142 valence electrons. The standard InChI is InChI=1S/C22H20FN3O2/c1-14-24-13-20(26(14)2)15-4-3-5-19(12-15)25-22(27)16-8-9-28-21-7-6-18(23)11-17(21)10-16/h3-7,10-13H,8-9H2,1-2H3,(H,25,27). The number of anilines is 1. The number of hydrogen-bond acceptors (Lipinski definition) is 3. The number of fused-ring (bicyclic) bond motifs is 1. The van der Waals surface area contributed by atoms with Gasteiger partial charge in [0.2, 0.25) is 0 Å². The molecule has 28 heavy (non-hydrogen) atoms. The minimum atomic E-state index is -0.362. The number of nitrogens with zero attached hydrogens (tertiary/aromatic N) is 2. The van der Waals surface area contributed by atoms with Crippen molar-refractivity contribution >= 4 is 17.7 Å². The smallest absolute Gasteiger partial charge is 0.251 e. The Bertz CT molecular complexity index is 1090. The molecule has 2 heterocycles. The van der Waals surface area contributed by atoms with E-state index < -0.39 is 0 Å². The first kappa shape index (κ1) is 18.0. The van der Waals surface area contributed by atoms with Crippen molar-refractivity contribution in [3.63, 3.8) is 0 Å². The van der Waals surface area contributed by atoms with E-state index in [1.807, 2.05) is 49.0 Å². The maximum atomic E-state index is 13.5. The van der Waals surface area contributed by atoms with Crippen LogP contribution in [0.25, 0.3) is 17.3 Å². The molecule has 0 radical (unpaired) electrons. The third kappa shape index (κ3) is 3.53. The Kier molecular flexibility index (Phi) is 4.69. The molecule has 0 saturated carbocycles. The van der Waals surface area contributed by atoms with E-state index in [1.54, 1.807) is 12.1 Å². The number of nitrogens with one attached hydrogen (secondary N) is 1. The Morgan fingerprint density at radius 1 is 1.25 bits per heavy atom. The minimum Gasteiger partial charge on any atom is -0.493 e. The van der Waals surface area contributed by atoms with E-state index in [4.69, 9.17) is 4.74 Å². The summed E-state index contributed by atoms with van der Waals surface area (Å²) in [6.07, 6.45) is 3.95. The van der Waals surface area contributed by atoms with E-state index in [2.05, 4.69) is 10.3 Å². The van der Waals surface area contributed by atoms with Crippen LogP contribution in [0.3, 0.4) is 0 Å². The molecular weight excluding hydrogens is 357 g/mol. The predicted octanol–water partition coefficient (Wildman–Crippen LogP) is 4.34. The molecule has 0 atom stereocenters. The summed E-state index contributed by atoms with van der Waals surface area (Å²) in [5.74, 6) is 0.912. The van der Waals surface area contributed by atoms with Crippen LogP contribution in [0, 0.1) is 12.7 Å². The second-order valence-corrected chi connectivity index (χ2v) is 6.73. The molecule has 0 fully saturated rings. The van der Waals surface area contributed by atoms with E-state index in [1.165, 1.54) is 12.1 Å². The van der Waals surface area contributed by atoms with Crippen LogP contribution in [0.5, 0.6) is 5.75 Å². The van der Waals surface area contributed by atoms with Gasteiger partial charge in [-0.25, -0.2) is 9.37 Å². The summed E-state index contributed by atoms with van der Waals surface area (Å²) in [5, 5.41) is 2.94. The Morgan fingerprint density at radius 3 is 2.89 bits per heavy atom. The van der Waals surface area contributed by atoms with Gasteiger partial charge in [-0.3, -0.25) is 4.79 Å². The number of hydrogen-bond donors (Lipinski definition) is 1. The van der Waals surface area contributed by atoms with Gasteiger partial charge in [0, 0.05) is 35.9 Å². The van der Waals surface area contributed by atoms with Crippen molar-refractivity contribution < 1.29 is 13.9 Å². The lowest BCUT2D eigenvalue weighted by Crippen LogP contribution is -2.15. The van der Waals surface area contributed by atoms with Crippen molar-refractivity contribution in [3.05, 3.63) is 71.4 Å². The molecule has 0 unspecified atom stereocenters. The van der Waals surface area contributed by atoms with Gasteiger partial charge in [-0.15, -0.1) is 0 Å². The fourth-order valence-electron chi connectivity index (χ4n) is 3.21. The molecule has 1 aliphatic rings. The molecule has 0 bridgehead atoms. The topological polar surface area (TPSA) is 56.1 Å². The van der Waals surface area contributed by atoms with Crippen molar-refractivity contribution in [2.45, 2.75) is 13.3 Å². The number of aryl methyl sites for hydroxylation is 1. The van der Waals surface area contributed by atoms with Gasteiger partial charge >= 0.3 is 0 Å². The largest absolute Gasteiger partial charge is 0.493 e. The van der Waals surface area contributed by atoms with Crippen LogP contribution in [0.15, 0.2) is 54.2 Å². The first-order valence-corrected chi connectivity index (χ1v) is 9.04. The fourth-order valence-corrected chi connectivity index (χ4v) is 3.21. The molecule has 4 rings (SSSR count). The van der Waals surface area contributed by atoms with Crippen LogP contribution in [0.1, 0.15) is 17.8 Å². The van der Waals surface area contributed by atoms with Gasteiger partial charge in [0.1, 0.15) is 17.4 Å². The van der Waals surface area contributed by atoms with Gasteiger partial charge in [-0.05, 0) is 43.3 Å². The third-order valence-corrected chi connectivity index (χ3v) is 4.86. The Morgan fingerprint density at radius 2 is 2.11 bits per heavy atom.